The Bertz CT molecular complexity index is 1020. The fourth-order valence-electron chi connectivity index (χ4n) is 3.23. The summed E-state index contributed by atoms with van der Waals surface area (Å²) < 4.78 is 13.0. The first-order valence-electron chi connectivity index (χ1n) is 9.52. The summed E-state index contributed by atoms with van der Waals surface area (Å²) >= 11 is 0. The van der Waals surface area contributed by atoms with Crippen molar-refractivity contribution in [1.29, 1.82) is 0 Å². The number of aromatic nitrogens is 4. The molecule has 29 heavy (non-hydrogen) atoms. The molecule has 2 aromatic carbocycles. The summed E-state index contributed by atoms with van der Waals surface area (Å²) in [5.74, 6) is 2.24. The van der Waals surface area contributed by atoms with Gasteiger partial charge >= 0.3 is 0 Å². The van der Waals surface area contributed by atoms with E-state index >= 15 is 0 Å². The van der Waals surface area contributed by atoms with Crippen LogP contribution in [0.25, 0.3) is 23.4 Å². The maximum atomic E-state index is 8.88. The van der Waals surface area contributed by atoms with E-state index in [4.69, 9.17) is 14.6 Å². The maximum absolute atomic E-state index is 8.88. The van der Waals surface area contributed by atoms with E-state index in [9.17, 15) is 0 Å². The van der Waals surface area contributed by atoms with Gasteiger partial charge in [-0.1, -0.05) is 24.3 Å². The number of aliphatic hydroxyl groups excluding tert-OH is 1. The Kier molecular flexibility index (Phi) is 5.83. The molecule has 8 nitrogen and oxygen atoms in total. The van der Waals surface area contributed by atoms with E-state index in [-0.39, 0.29) is 6.61 Å². The predicted octanol–water partition coefficient (Wildman–Crippen LogP) is 2.13. The Labute approximate surface area is 168 Å². The number of benzene rings is 2. The molecular formula is C21H23N5O3. The molecule has 0 aliphatic carbocycles. The van der Waals surface area contributed by atoms with E-state index in [2.05, 4.69) is 46.0 Å². The zero-order valence-electron chi connectivity index (χ0n) is 16.2. The molecule has 0 amide bonds. The molecule has 0 radical (unpaired) electrons. The van der Waals surface area contributed by atoms with Crippen molar-refractivity contribution in [1.82, 2.24) is 25.5 Å². The van der Waals surface area contributed by atoms with Crippen LogP contribution >= 0.6 is 0 Å². The molecule has 150 valence electrons. The van der Waals surface area contributed by atoms with Gasteiger partial charge in [-0.05, 0) is 57.8 Å². The van der Waals surface area contributed by atoms with Gasteiger partial charge in [0, 0.05) is 12.7 Å². The molecule has 0 bridgehead atoms. The summed E-state index contributed by atoms with van der Waals surface area (Å²) in [4.78, 5) is 0. The van der Waals surface area contributed by atoms with Crippen molar-refractivity contribution in [3.8, 4) is 22.6 Å². The van der Waals surface area contributed by atoms with Crippen LogP contribution in [0, 0.1) is 6.92 Å². The zero-order chi connectivity index (χ0) is 20.1. The fraction of sp³-hybridized carbons (Fsp3) is 0.286. The number of fused-ring (bicyclic) bond motifs is 1. The van der Waals surface area contributed by atoms with E-state index in [0.29, 0.717) is 32.1 Å². The SMILES string of the molecule is Cc1c(/C=C/n2nnnc2CNCCO)cccc1-c1ccc2c(c1)OCCO2. The molecule has 1 aliphatic rings. The van der Waals surface area contributed by atoms with Crippen LogP contribution in [0.1, 0.15) is 17.0 Å². The minimum absolute atomic E-state index is 0.0727. The summed E-state index contributed by atoms with van der Waals surface area (Å²) in [6.45, 7) is 4.29. The average molecular weight is 393 g/mol. The molecule has 3 aromatic rings. The highest BCUT2D eigenvalue weighted by atomic mass is 16.6. The summed E-state index contributed by atoms with van der Waals surface area (Å²) in [6.07, 6.45) is 3.83. The second kappa shape index (κ2) is 8.85. The standard InChI is InChI=1S/C21H23N5O3/c1-15-16(7-9-26-21(23-24-25-26)14-22-8-10-27)3-2-4-18(15)17-5-6-19-20(13-17)29-12-11-28-19/h2-7,9,13,22,27H,8,10-12,14H2,1H3/b9-7+. The highest BCUT2D eigenvalue weighted by Gasteiger charge is 2.14. The van der Waals surface area contributed by atoms with Crippen molar-refractivity contribution in [2.24, 2.45) is 0 Å². The van der Waals surface area contributed by atoms with Crippen LogP contribution in [0.3, 0.4) is 0 Å². The van der Waals surface area contributed by atoms with Gasteiger partial charge in [-0.25, -0.2) is 4.68 Å². The fourth-order valence-corrected chi connectivity index (χ4v) is 3.23. The van der Waals surface area contributed by atoms with E-state index in [1.807, 2.05) is 30.5 Å². The minimum atomic E-state index is 0.0727. The largest absolute Gasteiger partial charge is 0.486 e. The van der Waals surface area contributed by atoms with Gasteiger partial charge in [0.25, 0.3) is 0 Å². The van der Waals surface area contributed by atoms with Gasteiger partial charge in [-0.15, -0.1) is 5.10 Å². The number of hydrogen-bond acceptors (Lipinski definition) is 7. The Morgan fingerprint density at radius 3 is 2.90 bits per heavy atom. The van der Waals surface area contributed by atoms with Crippen molar-refractivity contribution in [2.75, 3.05) is 26.4 Å². The highest BCUT2D eigenvalue weighted by molar-refractivity contribution is 5.76. The van der Waals surface area contributed by atoms with Crippen LogP contribution in [0.5, 0.6) is 11.5 Å². The number of rotatable bonds is 7. The van der Waals surface area contributed by atoms with Crippen LogP contribution < -0.4 is 14.8 Å². The van der Waals surface area contributed by atoms with E-state index in [0.717, 1.165) is 33.8 Å². The molecule has 8 heteroatoms. The molecule has 0 spiro atoms. The summed E-state index contributed by atoms with van der Waals surface area (Å²) in [6, 6.07) is 12.2. The maximum Gasteiger partial charge on any atom is 0.169 e. The van der Waals surface area contributed by atoms with E-state index < -0.39 is 0 Å². The lowest BCUT2D eigenvalue weighted by Crippen LogP contribution is -2.19. The molecule has 2 heterocycles. The first-order valence-corrected chi connectivity index (χ1v) is 9.52. The molecule has 1 aromatic heterocycles. The second-order valence-corrected chi connectivity index (χ2v) is 6.63. The first-order chi connectivity index (χ1) is 14.3. The molecule has 0 saturated heterocycles. The monoisotopic (exact) mass is 393 g/mol. The number of aliphatic hydroxyl groups is 1. The van der Waals surface area contributed by atoms with Gasteiger partial charge in [0.05, 0.1) is 13.2 Å². The van der Waals surface area contributed by atoms with Gasteiger partial charge in [0.2, 0.25) is 0 Å². The number of nitrogens with one attached hydrogen (secondary N) is 1. The summed E-state index contributed by atoms with van der Waals surface area (Å²) in [5, 5.41) is 23.7. The van der Waals surface area contributed by atoms with Crippen molar-refractivity contribution in [3.05, 3.63) is 53.3 Å². The predicted molar refractivity (Wildman–Crippen MR) is 109 cm³/mol. The molecular weight excluding hydrogens is 370 g/mol. The quantitative estimate of drug-likeness (QED) is 0.594. The van der Waals surface area contributed by atoms with Crippen LogP contribution in [0.2, 0.25) is 0 Å². The van der Waals surface area contributed by atoms with Gasteiger partial charge < -0.3 is 19.9 Å². The van der Waals surface area contributed by atoms with Crippen molar-refractivity contribution in [3.63, 3.8) is 0 Å². The van der Waals surface area contributed by atoms with E-state index in [1.54, 1.807) is 4.68 Å². The topological polar surface area (TPSA) is 94.3 Å². The van der Waals surface area contributed by atoms with Crippen molar-refractivity contribution in [2.45, 2.75) is 13.5 Å². The Morgan fingerprint density at radius 2 is 2.03 bits per heavy atom. The summed E-state index contributed by atoms with van der Waals surface area (Å²) in [7, 11) is 0. The summed E-state index contributed by atoms with van der Waals surface area (Å²) in [5.41, 5.74) is 4.43. The van der Waals surface area contributed by atoms with Crippen molar-refractivity contribution >= 4 is 12.3 Å². The lowest BCUT2D eigenvalue weighted by molar-refractivity contribution is 0.171. The molecule has 0 unspecified atom stereocenters. The van der Waals surface area contributed by atoms with Gasteiger partial charge in [-0.2, -0.15) is 0 Å². The molecule has 1 aliphatic heterocycles. The van der Waals surface area contributed by atoms with E-state index in [1.165, 1.54) is 0 Å². The Balaban J connectivity index is 1.58. The van der Waals surface area contributed by atoms with Gasteiger partial charge in [-0.3, -0.25) is 0 Å². The normalized spacial score (nSPS) is 13.2. The smallest absolute Gasteiger partial charge is 0.169 e. The number of nitrogens with zero attached hydrogens (tertiary/aromatic N) is 4. The molecule has 4 rings (SSSR count). The highest BCUT2D eigenvalue weighted by Crippen LogP contribution is 2.36. The Morgan fingerprint density at radius 1 is 1.17 bits per heavy atom. The minimum Gasteiger partial charge on any atom is -0.486 e. The molecule has 2 N–H and O–H groups in total. The van der Waals surface area contributed by atoms with Gasteiger partial charge in [0.1, 0.15) is 13.2 Å². The number of ether oxygens (including phenoxy) is 2. The Hall–Kier alpha value is -3.23. The third-order valence-corrected chi connectivity index (χ3v) is 4.76. The first kappa shape index (κ1) is 19.1. The third kappa shape index (κ3) is 4.28. The molecule has 0 saturated carbocycles. The molecule has 0 fully saturated rings. The van der Waals surface area contributed by atoms with Crippen LogP contribution in [-0.4, -0.2) is 51.7 Å². The van der Waals surface area contributed by atoms with Gasteiger partial charge in [0.15, 0.2) is 17.3 Å². The van der Waals surface area contributed by atoms with Crippen LogP contribution in [0.15, 0.2) is 36.4 Å². The van der Waals surface area contributed by atoms with Crippen LogP contribution in [-0.2, 0) is 6.54 Å². The van der Waals surface area contributed by atoms with Crippen LogP contribution in [0.4, 0.5) is 0 Å². The lowest BCUT2D eigenvalue weighted by Gasteiger charge is -2.19. The van der Waals surface area contributed by atoms with Crippen molar-refractivity contribution < 1.29 is 14.6 Å². The zero-order valence-corrected chi connectivity index (χ0v) is 16.2. The average Bonchev–Trinajstić information content (AvgIpc) is 3.20. The lowest BCUT2D eigenvalue weighted by atomic mass is 9.96. The number of hydrogen-bond donors (Lipinski definition) is 2. The second-order valence-electron chi connectivity index (χ2n) is 6.63. The number of tetrazole rings is 1. The third-order valence-electron chi connectivity index (χ3n) is 4.76. The molecule has 0 atom stereocenters.